The molecule has 0 saturated carbocycles. The lowest BCUT2D eigenvalue weighted by molar-refractivity contribution is 0.977. The Hall–Kier alpha value is -2.80. The van der Waals surface area contributed by atoms with E-state index in [-0.39, 0.29) is 0 Å². The molecule has 1 N–H and O–H groups in total. The molecule has 1 heteroatoms. The Morgan fingerprint density at radius 3 is 2.10 bits per heavy atom. The van der Waals surface area contributed by atoms with Gasteiger partial charge in [-0.05, 0) is 101 Å². The Balaban J connectivity index is 2.09. The van der Waals surface area contributed by atoms with Gasteiger partial charge in [-0.1, -0.05) is 64.1 Å². The second kappa shape index (κ2) is 9.14. The third-order valence-corrected chi connectivity index (χ3v) is 6.85. The number of aromatic nitrogens is 1. The number of fused-ring (bicyclic) bond motifs is 3. The molecule has 0 aliphatic heterocycles. The van der Waals surface area contributed by atoms with Crippen molar-refractivity contribution in [2.45, 2.75) is 66.7 Å². The zero-order chi connectivity index (χ0) is 22.0. The Bertz CT molecular complexity index is 1140. The van der Waals surface area contributed by atoms with E-state index < -0.39 is 0 Å². The second-order valence-corrected chi connectivity index (χ2v) is 8.39. The van der Waals surface area contributed by atoms with Crippen molar-refractivity contribution in [1.29, 1.82) is 0 Å². The molecule has 0 saturated heterocycles. The van der Waals surface area contributed by atoms with Crippen molar-refractivity contribution in [3.05, 3.63) is 87.6 Å². The van der Waals surface area contributed by atoms with Crippen LogP contribution in [0.5, 0.6) is 0 Å². The summed E-state index contributed by atoms with van der Waals surface area (Å²) >= 11 is 0. The van der Waals surface area contributed by atoms with Crippen molar-refractivity contribution < 1.29 is 0 Å². The summed E-state index contributed by atoms with van der Waals surface area (Å²) in [5.41, 5.74) is 16.3. The van der Waals surface area contributed by atoms with E-state index in [2.05, 4.69) is 94.4 Å². The van der Waals surface area contributed by atoms with Crippen molar-refractivity contribution >= 4 is 6.08 Å². The summed E-state index contributed by atoms with van der Waals surface area (Å²) in [6.07, 6.45) is 16.0. The van der Waals surface area contributed by atoms with Crippen LogP contribution in [0.1, 0.15) is 73.6 Å². The highest BCUT2D eigenvalue weighted by atomic mass is 14.7. The van der Waals surface area contributed by atoms with Gasteiger partial charge in [-0.2, -0.15) is 0 Å². The van der Waals surface area contributed by atoms with Gasteiger partial charge in [0.25, 0.3) is 0 Å². The molecular weight excluding hydrogens is 374 g/mol. The van der Waals surface area contributed by atoms with Gasteiger partial charge >= 0.3 is 0 Å². The number of H-pyrrole nitrogens is 1. The van der Waals surface area contributed by atoms with Crippen molar-refractivity contribution in [2.24, 2.45) is 0 Å². The van der Waals surface area contributed by atoms with Gasteiger partial charge in [-0.25, -0.2) is 0 Å². The van der Waals surface area contributed by atoms with E-state index in [1.165, 1.54) is 44.6 Å². The number of hydrogen-bond donors (Lipinski definition) is 1. The zero-order valence-electron chi connectivity index (χ0n) is 19.7. The fourth-order valence-corrected chi connectivity index (χ4v) is 5.64. The Kier molecular flexibility index (Phi) is 6.32. The molecule has 1 nitrogen and oxygen atoms in total. The minimum Gasteiger partial charge on any atom is -0.361 e. The molecule has 1 aliphatic carbocycles. The maximum absolute atomic E-state index is 3.53. The number of nitrogens with one attached hydrogen (secondary N) is 1. The summed E-state index contributed by atoms with van der Waals surface area (Å²) < 4.78 is 0. The van der Waals surface area contributed by atoms with Crippen LogP contribution in [0.4, 0.5) is 0 Å². The lowest BCUT2D eigenvalue weighted by Crippen LogP contribution is -2.06. The molecule has 0 unspecified atom stereocenters. The standard InChI is InChI=1S/C30H35N/c1-6-11-12-14-20-16-17-21-19-26-29(27-15-13-18-31-27)24(9-4)23(8-3)25(10-5)30(26)28(21)22(20)7-2/h6,11-18,31H,7-10,19H2,1-5H3. The molecular formula is C30H35N. The highest BCUT2D eigenvalue weighted by Crippen LogP contribution is 2.49. The summed E-state index contributed by atoms with van der Waals surface area (Å²) in [7, 11) is 0. The van der Waals surface area contributed by atoms with Crippen LogP contribution >= 0.6 is 0 Å². The predicted octanol–water partition coefficient (Wildman–Crippen LogP) is 8.09. The average Bonchev–Trinajstić information content (AvgIpc) is 3.45. The molecule has 1 aliphatic rings. The Morgan fingerprint density at radius 2 is 1.48 bits per heavy atom. The zero-order valence-corrected chi connectivity index (χ0v) is 19.7. The SMILES string of the molecule is CC=CC=Cc1ccc2c(c1CC)-c1c(CC)c(CC)c(CC)c(-c3ccc[nH]3)c1C2. The molecule has 4 rings (SSSR count). The topological polar surface area (TPSA) is 15.8 Å². The first-order chi connectivity index (χ1) is 15.2. The van der Waals surface area contributed by atoms with E-state index in [1.54, 1.807) is 16.7 Å². The van der Waals surface area contributed by atoms with Gasteiger partial charge in [0.1, 0.15) is 0 Å². The number of aromatic amines is 1. The lowest BCUT2D eigenvalue weighted by Gasteiger charge is -2.23. The van der Waals surface area contributed by atoms with Gasteiger partial charge in [0, 0.05) is 17.5 Å². The Labute approximate surface area is 187 Å². The summed E-state index contributed by atoms with van der Waals surface area (Å²) in [6, 6.07) is 9.07. The van der Waals surface area contributed by atoms with E-state index >= 15 is 0 Å². The fraction of sp³-hybridized carbons (Fsp3) is 0.333. The van der Waals surface area contributed by atoms with Crippen LogP contribution in [-0.4, -0.2) is 4.98 Å². The van der Waals surface area contributed by atoms with Gasteiger partial charge in [-0.15, -0.1) is 0 Å². The van der Waals surface area contributed by atoms with Crippen LogP contribution in [0.3, 0.4) is 0 Å². The average molecular weight is 410 g/mol. The molecule has 0 radical (unpaired) electrons. The minimum absolute atomic E-state index is 1.04. The molecule has 31 heavy (non-hydrogen) atoms. The molecule has 0 fully saturated rings. The maximum Gasteiger partial charge on any atom is 0.0459 e. The van der Waals surface area contributed by atoms with Gasteiger partial charge < -0.3 is 4.98 Å². The molecule has 3 aromatic rings. The second-order valence-electron chi connectivity index (χ2n) is 8.39. The highest BCUT2D eigenvalue weighted by Gasteiger charge is 2.31. The van der Waals surface area contributed by atoms with Crippen LogP contribution in [0.2, 0.25) is 0 Å². The third-order valence-electron chi connectivity index (χ3n) is 6.85. The smallest absolute Gasteiger partial charge is 0.0459 e. The number of hydrogen-bond acceptors (Lipinski definition) is 0. The minimum atomic E-state index is 1.04. The van der Waals surface area contributed by atoms with Gasteiger partial charge in [0.2, 0.25) is 0 Å². The number of benzene rings is 2. The van der Waals surface area contributed by atoms with Crippen LogP contribution < -0.4 is 0 Å². The van der Waals surface area contributed by atoms with Crippen molar-refractivity contribution in [1.82, 2.24) is 4.98 Å². The maximum atomic E-state index is 3.53. The summed E-state index contributed by atoms with van der Waals surface area (Å²) in [5.74, 6) is 0. The largest absolute Gasteiger partial charge is 0.361 e. The molecule has 0 amide bonds. The monoisotopic (exact) mass is 409 g/mol. The quantitative estimate of drug-likeness (QED) is 0.297. The van der Waals surface area contributed by atoms with Gasteiger partial charge in [-0.3, -0.25) is 0 Å². The van der Waals surface area contributed by atoms with E-state index in [1.807, 2.05) is 0 Å². The predicted molar refractivity (Wildman–Crippen MR) is 136 cm³/mol. The molecule has 1 aromatic heterocycles. The molecule has 1 heterocycles. The molecule has 2 aromatic carbocycles. The fourth-order valence-electron chi connectivity index (χ4n) is 5.64. The summed E-state index contributed by atoms with van der Waals surface area (Å²) in [4.78, 5) is 3.53. The van der Waals surface area contributed by atoms with E-state index in [4.69, 9.17) is 0 Å². The number of allylic oxidation sites excluding steroid dienone is 3. The van der Waals surface area contributed by atoms with Crippen molar-refractivity contribution in [3.63, 3.8) is 0 Å². The van der Waals surface area contributed by atoms with Gasteiger partial charge in [0.15, 0.2) is 0 Å². The van der Waals surface area contributed by atoms with Gasteiger partial charge in [0.05, 0.1) is 0 Å². The molecule has 0 bridgehead atoms. The first kappa shape index (κ1) is 21.4. The van der Waals surface area contributed by atoms with E-state index in [0.717, 1.165) is 32.1 Å². The first-order valence-electron chi connectivity index (χ1n) is 12.0. The van der Waals surface area contributed by atoms with Crippen LogP contribution in [0.15, 0.2) is 48.7 Å². The third kappa shape index (κ3) is 3.51. The van der Waals surface area contributed by atoms with Crippen LogP contribution in [0.25, 0.3) is 28.5 Å². The molecule has 0 spiro atoms. The van der Waals surface area contributed by atoms with E-state index in [0.29, 0.717) is 0 Å². The Morgan fingerprint density at radius 1 is 0.774 bits per heavy atom. The molecule has 160 valence electrons. The van der Waals surface area contributed by atoms with Crippen molar-refractivity contribution in [2.75, 3.05) is 0 Å². The normalized spacial score (nSPS) is 12.8. The van der Waals surface area contributed by atoms with E-state index in [9.17, 15) is 0 Å². The highest BCUT2D eigenvalue weighted by molar-refractivity contribution is 5.92. The van der Waals surface area contributed by atoms with Crippen LogP contribution in [0, 0.1) is 0 Å². The molecule has 0 atom stereocenters. The summed E-state index contributed by atoms with van der Waals surface area (Å²) in [5, 5.41) is 0. The lowest BCUT2D eigenvalue weighted by atomic mass is 9.81. The van der Waals surface area contributed by atoms with Crippen LogP contribution in [-0.2, 0) is 32.1 Å². The number of rotatable bonds is 7. The van der Waals surface area contributed by atoms with Crippen molar-refractivity contribution in [3.8, 4) is 22.4 Å². The first-order valence-corrected chi connectivity index (χ1v) is 12.0. The summed E-state index contributed by atoms with van der Waals surface area (Å²) in [6.45, 7) is 11.3.